The highest BCUT2D eigenvalue weighted by Gasteiger charge is 2.33. The van der Waals surface area contributed by atoms with E-state index in [0.717, 1.165) is 0 Å². The maximum atomic E-state index is 12.8. The number of hydrogen-bond donors (Lipinski definition) is 1. The molecular formula is C16H21NO4. The van der Waals surface area contributed by atoms with Crippen molar-refractivity contribution in [3.8, 4) is 0 Å². The zero-order valence-corrected chi connectivity index (χ0v) is 12.9. The van der Waals surface area contributed by atoms with Gasteiger partial charge in [-0.3, -0.25) is 4.79 Å². The molecule has 1 amide bonds. The van der Waals surface area contributed by atoms with Crippen molar-refractivity contribution >= 4 is 11.9 Å². The Morgan fingerprint density at radius 3 is 2.29 bits per heavy atom. The molecular weight excluding hydrogens is 270 g/mol. The highest BCUT2D eigenvalue weighted by atomic mass is 16.5. The van der Waals surface area contributed by atoms with Crippen LogP contribution in [0.2, 0.25) is 0 Å². The summed E-state index contributed by atoms with van der Waals surface area (Å²) in [6, 6.07) is 3.53. The zero-order valence-electron chi connectivity index (χ0n) is 12.9. The average molecular weight is 291 g/mol. The Bertz CT molecular complexity index is 592. The van der Waals surface area contributed by atoms with Gasteiger partial charge < -0.3 is 14.7 Å². The molecule has 0 aromatic heterocycles. The van der Waals surface area contributed by atoms with Crippen molar-refractivity contribution in [1.82, 2.24) is 4.90 Å². The van der Waals surface area contributed by atoms with Crippen LogP contribution < -0.4 is 0 Å². The number of rotatable bonds is 2. The van der Waals surface area contributed by atoms with Gasteiger partial charge in [0.2, 0.25) is 0 Å². The molecule has 1 heterocycles. The van der Waals surface area contributed by atoms with Gasteiger partial charge in [0.1, 0.15) is 0 Å². The van der Waals surface area contributed by atoms with E-state index in [1.165, 1.54) is 0 Å². The molecule has 0 saturated carbocycles. The topological polar surface area (TPSA) is 66.8 Å². The van der Waals surface area contributed by atoms with Gasteiger partial charge in [0.15, 0.2) is 0 Å². The second kappa shape index (κ2) is 5.48. The minimum absolute atomic E-state index is 0.101. The van der Waals surface area contributed by atoms with E-state index in [9.17, 15) is 14.7 Å². The van der Waals surface area contributed by atoms with Crippen molar-refractivity contribution < 1.29 is 19.4 Å². The first kappa shape index (κ1) is 15.5. The largest absolute Gasteiger partial charge is 0.478 e. The Labute approximate surface area is 124 Å². The summed E-state index contributed by atoms with van der Waals surface area (Å²) in [4.78, 5) is 26.0. The molecule has 1 N–H and O–H groups in total. The van der Waals surface area contributed by atoms with Gasteiger partial charge in [0, 0.05) is 13.1 Å². The van der Waals surface area contributed by atoms with Crippen molar-refractivity contribution in [1.29, 1.82) is 0 Å². The number of hydrogen-bond acceptors (Lipinski definition) is 3. The first-order valence-corrected chi connectivity index (χ1v) is 6.99. The standard InChI is InChI=1S/C16H21NO4/c1-10-5-6-11(2)13(15(19)20)12(10)14(18)17-7-8-21-16(3,4)9-17/h5-6H,7-9H2,1-4H3,(H,19,20). The third kappa shape index (κ3) is 3.08. The molecule has 0 aliphatic carbocycles. The average Bonchev–Trinajstić information content (AvgIpc) is 2.38. The third-order valence-electron chi connectivity index (χ3n) is 3.76. The molecule has 1 aromatic carbocycles. The summed E-state index contributed by atoms with van der Waals surface area (Å²) in [7, 11) is 0. The second-order valence-corrected chi connectivity index (χ2v) is 6.09. The molecule has 2 rings (SSSR count). The number of nitrogens with zero attached hydrogens (tertiary/aromatic N) is 1. The Morgan fingerprint density at radius 2 is 1.76 bits per heavy atom. The van der Waals surface area contributed by atoms with E-state index in [0.29, 0.717) is 36.4 Å². The quantitative estimate of drug-likeness (QED) is 0.907. The van der Waals surface area contributed by atoms with Crippen LogP contribution in [0.4, 0.5) is 0 Å². The molecule has 0 bridgehead atoms. The van der Waals surface area contributed by atoms with Gasteiger partial charge in [-0.25, -0.2) is 4.79 Å². The SMILES string of the molecule is Cc1ccc(C)c(C(=O)N2CCOC(C)(C)C2)c1C(=O)O. The van der Waals surface area contributed by atoms with E-state index < -0.39 is 11.6 Å². The molecule has 1 aliphatic heterocycles. The number of carboxylic acids is 1. The Morgan fingerprint density at radius 1 is 1.19 bits per heavy atom. The molecule has 114 valence electrons. The minimum atomic E-state index is -1.06. The molecule has 0 unspecified atom stereocenters. The van der Waals surface area contributed by atoms with Crippen LogP contribution in [0.5, 0.6) is 0 Å². The zero-order chi connectivity index (χ0) is 15.8. The highest BCUT2D eigenvalue weighted by molar-refractivity contribution is 6.06. The van der Waals surface area contributed by atoms with Crippen LogP contribution >= 0.6 is 0 Å². The van der Waals surface area contributed by atoms with E-state index in [1.807, 2.05) is 13.8 Å². The molecule has 5 heteroatoms. The maximum Gasteiger partial charge on any atom is 0.336 e. The fraction of sp³-hybridized carbons (Fsp3) is 0.500. The summed E-state index contributed by atoms with van der Waals surface area (Å²) >= 11 is 0. The van der Waals surface area contributed by atoms with Crippen LogP contribution in [-0.4, -0.2) is 47.2 Å². The van der Waals surface area contributed by atoms with Crippen LogP contribution in [0, 0.1) is 13.8 Å². The lowest BCUT2D eigenvalue weighted by atomic mass is 9.95. The molecule has 1 fully saturated rings. The Hall–Kier alpha value is -1.88. The molecule has 5 nitrogen and oxygen atoms in total. The van der Waals surface area contributed by atoms with Gasteiger partial charge in [0.05, 0.1) is 23.3 Å². The molecule has 0 radical (unpaired) electrons. The number of amides is 1. The van der Waals surface area contributed by atoms with E-state index in [4.69, 9.17) is 4.74 Å². The third-order valence-corrected chi connectivity index (χ3v) is 3.76. The van der Waals surface area contributed by atoms with Gasteiger partial charge in [-0.1, -0.05) is 12.1 Å². The summed E-state index contributed by atoms with van der Waals surface area (Å²) in [5.74, 6) is -1.29. The van der Waals surface area contributed by atoms with Crippen molar-refractivity contribution in [2.45, 2.75) is 33.3 Å². The fourth-order valence-electron chi connectivity index (χ4n) is 2.71. The normalized spacial score (nSPS) is 17.6. The number of benzene rings is 1. The highest BCUT2D eigenvalue weighted by Crippen LogP contribution is 2.24. The molecule has 0 spiro atoms. The number of carboxylic acid groups (broad SMARTS) is 1. The van der Waals surface area contributed by atoms with Gasteiger partial charge >= 0.3 is 5.97 Å². The minimum Gasteiger partial charge on any atom is -0.478 e. The lowest BCUT2D eigenvalue weighted by Crippen LogP contribution is -2.50. The van der Waals surface area contributed by atoms with E-state index >= 15 is 0 Å². The summed E-state index contributed by atoms with van der Waals surface area (Å²) in [6.45, 7) is 8.73. The smallest absolute Gasteiger partial charge is 0.336 e. The number of ether oxygens (including phenoxy) is 1. The summed E-state index contributed by atoms with van der Waals surface area (Å²) < 4.78 is 5.60. The van der Waals surface area contributed by atoms with E-state index in [-0.39, 0.29) is 11.5 Å². The van der Waals surface area contributed by atoms with Crippen molar-refractivity contribution in [2.75, 3.05) is 19.7 Å². The van der Waals surface area contributed by atoms with E-state index in [2.05, 4.69) is 0 Å². The first-order valence-electron chi connectivity index (χ1n) is 6.99. The van der Waals surface area contributed by atoms with Gasteiger partial charge in [-0.2, -0.15) is 0 Å². The Kier molecular flexibility index (Phi) is 4.05. The predicted molar refractivity (Wildman–Crippen MR) is 78.8 cm³/mol. The Balaban J connectivity index is 2.44. The number of aromatic carboxylic acids is 1. The summed E-state index contributed by atoms with van der Waals surface area (Å²) in [6.07, 6.45) is 0. The van der Waals surface area contributed by atoms with Crippen molar-refractivity contribution in [3.05, 3.63) is 34.4 Å². The number of aryl methyl sites for hydroxylation is 2. The number of morpholine rings is 1. The van der Waals surface area contributed by atoms with Gasteiger partial charge in [-0.15, -0.1) is 0 Å². The summed E-state index contributed by atoms with van der Waals surface area (Å²) in [5, 5.41) is 9.43. The number of carbonyl (C=O) groups excluding carboxylic acids is 1. The van der Waals surface area contributed by atoms with Crippen molar-refractivity contribution in [2.24, 2.45) is 0 Å². The summed E-state index contributed by atoms with van der Waals surface area (Å²) in [5.41, 5.74) is 1.27. The molecule has 0 atom stereocenters. The molecule has 21 heavy (non-hydrogen) atoms. The monoisotopic (exact) mass is 291 g/mol. The molecule has 1 aromatic rings. The maximum absolute atomic E-state index is 12.8. The second-order valence-electron chi connectivity index (χ2n) is 6.09. The number of carbonyl (C=O) groups is 2. The van der Waals surface area contributed by atoms with Gasteiger partial charge in [0.25, 0.3) is 5.91 Å². The fourth-order valence-corrected chi connectivity index (χ4v) is 2.71. The first-order chi connectivity index (χ1) is 9.73. The lowest BCUT2D eigenvalue weighted by molar-refractivity contribution is -0.0764. The van der Waals surface area contributed by atoms with Crippen LogP contribution in [0.1, 0.15) is 45.7 Å². The molecule has 1 saturated heterocycles. The van der Waals surface area contributed by atoms with Crippen LogP contribution in [0.15, 0.2) is 12.1 Å². The van der Waals surface area contributed by atoms with Crippen LogP contribution in [0.25, 0.3) is 0 Å². The van der Waals surface area contributed by atoms with Crippen LogP contribution in [-0.2, 0) is 4.74 Å². The van der Waals surface area contributed by atoms with Gasteiger partial charge in [-0.05, 0) is 38.8 Å². The van der Waals surface area contributed by atoms with Crippen LogP contribution in [0.3, 0.4) is 0 Å². The van der Waals surface area contributed by atoms with Crippen molar-refractivity contribution in [3.63, 3.8) is 0 Å². The molecule has 1 aliphatic rings. The lowest BCUT2D eigenvalue weighted by Gasteiger charge is -2.38. The van der Waals surface area contributed by atoms with E-state index in [1.54, 1.807) is 30.9 Å². The predicted octanol–water partition coefficient (Wildman–Crippen LogP) is 2.25.